The molecule has 1 atom stereocenters. The highest BCUT2D eigenvalue weighted by atomic mass is 32.2. The van der Waals surface area contributed by atoms with E-state index < -0.39 is 10.0 Å². The van der Waals surface area contributed by atoms with E-state index >= 15 is 0 Å². The molecule has 1 rings (SSSR count). The van der Waals surface area contributed by atoms with Gasteiger partial charge in [0.25, 0.3) is 0 Å². The van der Waals surface area contributed by atoms with E-state index in [0.29, 0.717) is 11.1 Å². The number of nitrogens with zero attached hydrogens (tertiary/aromatic N) is 1. The van der Waals surface area contributed by atoms with Gasteiger partial charge in [-0.3, -0.25) is 0 Å². The van der Waals surface area contributed by atoms with Gasteiger partial charge in [-0.25, -0.2) is 8.42 Å². The zero-order valence-electron chi connectivity index (χ0n) is 12.5. The largest absolute Gasteiger partial charge is 0.392 e. The second-order valence-electron chi connectivity index (χ2n) is 4.91. The van der Waals surface area contributed by atoms with Gasteiger partial charge < -0.3 is 5.11 Å². The standard InChI is InChI=1S/C14H23NO3S2/c1-11-5-6-13(10-16)9-14(11)20(17,18)15(3)12(2)7-8-19-4/h5-6,9,12,16H,7-8,10H2,1-4H3. The summed E-state index contributed by atoms with van der Waals surface area (Å²) in [5.41, 5.74) is 1.31. The molecule has 4 nitrogen and oxygen atoms in total. The third-order valence-corrected chi connectivity index (χ3v) is 6.21. The Hall–Kier alpha value is -0.560. The van der Waals surface area contributed by atoms with Gasteiger partial charge in [0.1, 0.15) is 0 Å². The topological polar surface area (TPSA) is 57.6 Å². The van der Waals surface area contributed by atoms with E-state index in [1.54, 1.807) is 43.9 Å². The van der Waals surface area contributed by atoms with Crippen molar-refractivity contribution in [2.75, 3.05) is 19.1 Å². The normalized spacial score (nSPS) is 13.7. The molecule has 0 fully saturated rings. The molecule has 0 radical (unpaired) electrons. The van der Waals surface area contributed by atoms with Crippen LogP contribution in [0.15, 0.2) is 23.1 Å². The SMILES string of the molecule is CSCCC(C)N(C)S(=O)(=O)c1cc(CO)ccc1C. The first-order valence-corrected chi connectivity index (χ1v) is 9.35. The number of thioether (sulfide) groups is 1. The van der Waals surface area contributed by atoms with Crippen molar-refractivity contribution in [1.29, 1.82) is 0 Å². The molecule has 1 aromatic carbocycles. The van der Waals surface area contributed by atoms with E-state index in [2.05, 4.69) is 0 Å². The number of hydrogen-bond donors (Lipinski definition) is 1. The van der Waals surface area contributed by atoms with Gasteiger partial charge in [0.2, 0.25) is 10.0 Å². The Morgan fingerprint density at radius 2 is 2.05 bits per heavy atom. The number of hydrogen-bond acceptors (Lipinski definition) is 4. The highest BCUT2D eigenvalue weighted by Gasteiger charge is 2.26. The maximum Gasteiger partial charge on any atom is 0.243 e. The van der Waals surface area contributed by atoms with Gasteiger partial charge in [0.15, 0.2) is 0 Å². The zero-order valence-corrected chi connectivity index (χ0v) is 14.1. The van der Waals surface area contributed by atoms with Crippen molar-refractivity contribution in [2.45, 2.75) is 37.8 Å². The number of rotatable bonds is 7. The molecule has 114 valence electrons. The summed E-state index contributed by atoms with van der Waals surface area (Å²) in [6.07, 6.45) is 2.83. The summed E-state index contributed by atoms with van der Waals surface area (Å²) < 4.78 is 26.7. The van der Waals surface area contributed by atoms with E-state index in [4.69, 9.17) is 0 Å². The lowest BCUT2D eigenvalue weighted by Crippen LogP contribution is -2.35. The average Bonchev–Trinajstić information content (AvgIpc) is 2.44. The summed E-state index contributed by atoms with van der Waals surface area (Å²) >= 11 is 1.71. The number of benzene rings is 1. The first-order chi connectivity index (χ1) is 9.34. The quantitative estimate of drug-likeness (QED) is 0.838. The van der Waals surface area contributed by atoms with Gasteiger partial charge in [0.05, 0.1) is 11.5 Å². The fraction of sp³-hybridized carbons (Fsp3) is 0.571. The molecule has 0 spiro atoms. The van der Waals surface area contributed by atoms with E-state index in [1.165, 1.54) is 4.31 Å². The van der Waals surface area contributed by atoms with Gasteiger partial charge in [0, 0.05) is 13.1 Å². The Bertz CT molecular complexity index is 543. The number of sulfonamides is 1. The summed E-state index contributed by atoms with van der Waals surface area (Å²) in [4.78, 5) is 0.280. The Balaban J connectivity index is 3.09. The molecule has 0 aromatic heterocycles. The number of aliphatic hydroxyl groups is 1. The molecule has 0 heterocycles. The minimum atomic E-state index is -3.52. The predicted molar refractivity (Wildman–Crippen MR) is 84.5 cm³/mol. The van der Waals surface area contributed by atoms with E-state index in [0.717, 1.165) is 12.2 Å². The first-order valence-electron chi connectivity index (χ1n) is 6.52. The van der Waals surface area contributed by atoms with Crippen LogP contribution >= 0.6 is 11.8 Å². The molecule has 0 saturated carbocycles. The molecule has 1 aromatic rings. The van der Waals surface area contributed by atoms with Crippen molar-refractivity contribution in [3.05, 3.63) is 29.3 Å². The molecular weight excluding hydrogens is 294 g/mol. The average molecular weight is 317 g/mol. The van der Waals surface area contributed by atoms with Crippen LogP contribution in [0.2, 0.25) is 0 Å². The zero-order chi connectivity index (χ0) is 15.3. The van der Waals surface area contributed by atoms with Crippen LogP contribution in [-0.2, 0) is 16.6 Å². The smallest absolute Gasteiger partial charge is 0.243 e. The lowest BCUT2D eigenvalue weighted by molar-refractivity contribution is 0.281. The highest BCUT2D eigenvalue weighted by molar-refractivity contribution is 7.98. The molecule has 0 aliphatic rings. The van der Waals surface area contributed by atoms with Crippen LogP contribution in [0.5, 0.6) is 0 Å². The highest BCUT2D eigenvalue weighted by Crippen LogP contribution is 2.23. The van der Waals surface area contributed by atoms with Crippen LogP contribution in [0.25, 0.3) is 0 Å². The third kappa shape index (κ3) is 3.97. The molecule has 0 aliphatic heterocycles. The fourth-order valence-electron chi connectivity index (χ4n) is 1.88. The minimum absolute atomic E-state index is 0.0513. The van der Waals surface area contributed by atoms with E-state index in [-0.39, 0.29) is 17.5 Å². The molecule has 20 heavy (non-hydrogen) atoms. The summed E-state index contributed by atoms with van der Waals surface area (Å²) in [5, 5.41) is 9.17. The molecule has 0 bridgehead atoms. The maximum atomic E-state index is 12.7. The lowest BCUT2D eigenvalue weighted by Gasteiger charge is -2.25. The number of aliphatic hydroxyl groups excluding tert-OH is 1. The van der Waals surface area contributed by atoms with Crippen molar-refractivity contribution in [2.24, 2.45) is 0 Å². The summed E-state index contributed by atoms with van der Waals surface area (Å²) in [6, 6.07) is 4.98. The van der Waals surface area contributed by atoms with Crippen molar-refractivity contribution in [3.63, 3.8) is 0 Å². The van der Waals surface area contributed by atoms with Crippen LogP contribution < -0.4 is 0 Å². The third-order valence-electron chi connectivity index (χ3n) is 3.45. The van der Waals surface area contributed by atoms with E-state index in [9.17, 15) is 13.5 Å². The van der Waals surface area contributed by atoms with Crippen LogP contribution in [-0.4, -0.2) is 42.9 Å². The molecule has 0 aliphatic carbocycles. The maximum absolute atomic E-state index is 12.7. The van der Waals surface area contributed by atoms with Crippen molar-refractivity contribution in [1.82, 2.24) is 4.31 Å². The molecule has 0 saturated heterocycles. The molecule has 6 heteroatoms. The van der Waals surface area contributed by atoms with Crippen LogP contribution in [0.3, 0.4) is 0 Å². The lowest BCUT2D eigenvalue weighted by atomic mass is 10.2. The predicted octanol–water partition coefficient (Wildman–Crippen LogP) is 2.25. The second kappa shape index (κ2) is 7.45. The molecular formula is C14H23NO3S2. The Morgan fingerprint density at radius 3 is 2.60 bits per heavy atom. The number of aryl methyl sites for hydroxylation is 1. The first kappa shape index (κ1) is 17.5. The van der Waals surface area contributed by atoms with E-state index in [1.807, 2.05) is 13.2 Å². The van der Waals surface area contributed by atoms with Crippen molar-refractivity contribution < 1.29 is 13.5 Å². The van der Waals surface area contributed by atoms with Gasteiger partial charge in [-0.1, -0.05) is 12.1 Å². The molecule has 0 amide bonds. The van der Waals surface area contributed by atoms with Gasteiger partial charge in [-0.05, 0) is 49.5 Å². The molecule has 1 N–H and O–H groups in total. The van der Waals surface area contributed by atoms with Crippen LogP contribution in [0.1, 0.15) is 24.5 Å². The minimum Gasteiger partial charge on any atom is -0.392 e. The van der Waals surface area contributed by atoms with Crippen molar-refractivity contribution in [3.8, 4) is 0 Å². The summed E-state index contributed by atoms with van der Waals surface area (Å²) in [7, 11) is -1.90. The Morgan fingerprint density at radius 1 is 1.40 bits per heavy atom. The van der Waals surface area contributed by atoms with Gasteiger partial charge in [-0.2, -0.15) is 16.1 Å². The van der Waals surface area contributed by atoms with Crippen LogP contribution in [0, 0.1) is 6.92 Å². The van der Waals surface area contributed by atoms with Crippen LogP contribution in [0.4, 0.5) is 0 Å². The monoisotopic (exact) mass is 317 g/mol. The fourth-order valence-corrected chi connectivity index (χ4v) is 4.12. The van der Waals surface area contributed by atoms with Crippen molar-refractivity contribution >= 4 is 21.8 Å². The second-order valence-corrected chi connectivity index (χ2v) is 7.86. The van der Waals surface area contributed by atoms with Gasteiger partial charge in [-0.15, -0.1) is 0 Å². The Labute approximate surface area is 126 Å². The summed E-state index contributed by atoms with van der Waals surface area (Å²) in [6.45, 7) is 3.53. The molecule has 1 unspecified atom stereocenters. The summed E-state index contributed by atoms with van der Waals surface area (Å²) in [5.74, 6) is 0.927. The Kier molecular flexibility index (Phi) is 6.51. The van der Waals surface area contributed by atoms with Gasteiger partial charge >= 0.3 is 0 Å².